The number of aliphatic hydroxyl groups is 2. The normalized spacial score (nSPS) is 25.3. The predicted molar refractivity (Wildman–Crippen MR) is 92.4 cm³/mol. The lowest BCUT2D eigenvalue weighted by molar-refractivity contribution is -0.0508. The molecule has 0 spiro atoms. The second-order valence-electron chi connectivity index (χ2n) is 5.84. The molecule has 2 aromatic rings. The first-order chi connectivity index (χ1) is 13.0. The zero-order valence-corrected chi connectivity index (χ0v) is 14.9. The lowest BCUT2D eigenvalue weighted by Crippen LogP contribution is -2.36. The average Bonchev–Trinajstić information content (AvgIpc) is 2.96. The van der Waals surface area contributed by atoms with Crippen LogP contribution in [0.1, 0.15) is 6.23 Å². The Morgan fingerprint density at radius 3 is 2.63 bits per heavy atom. The van der Waals surface area contributed by atoms with E-state index in [2.05, 4.69) is 4.98 Å². The van der Waals surface area contributed by atoms with Crippen molar-refractivity contribution in [1.29, 1.82) is 0 Å². The smallest absolute Gasteiger partial charge is 0.396 e. The first-order valence-electron chi connectivity index (χ1n) is 8.08. The lowest BCUT2D eigenvalue weighted by atomic mass is 9.99. The third kappa shape index (κ3) is 4.49. The number of hydrogen-bond donors (Lipinski definition) is 3. The van der Waals surface area contributed by atoms with Crippen molar-refractivity contribution < 1.29 is 28.6 Å². The number of nitrogens with zero attached hydrogens (tertiary/aromatic N) is 1. The minimum Gasteiger partial charge on any atom is -0.396 e. The van der Waals surface area contributed by atoms with Gasteiger partial charge in [0.1, 0.15) is 12.7 Å². The van der Waals surface area contributed by atoms with Gasteiger partial charge >= 0.3 is 13.9 Å². The zero-order chi connectivity index (χ0) is 19.4. The van der Waals surface area contributed by atoms with Gasteiger partial charge in [0, 0.05) is 22.7 Å². The number of ether oxygens (including phenoxy) is 1. The van der Waals surface area contributed by atoms with Crippen LogP contribution in [0, 0.1) is 5.92 Å². The Morgan fingerprint density at radius 1 is 1.22 bits per heavy atom. The van der Waals surface area contributed by atoms with Gasteiger partial charge in [-0.1, -0.05) is 18.2 Å². The first kappa shape index (κ1) is 19.4. The molecule has 0 saturated carbocycles. The van der Waals surface area contributed by atoms with Gasteiger partial charge in [0.25, 0.3) is 5.56 Å². The Labute approximate surface area is 153 Å². The van der Waals surface area contributed by atoms with Gasteiger partial charge in [-0.2, -0.15) is 0 Å². The number of hydrogen-bond acceptors (Lipinski definition) is 8. The van der Waals surface area contributed by atoms with Crippen LogP contribution in [0.5, 0.6) is 5.75 Å². The minimum absolute atomic E-state index is 0.237. The Hall–Kier alpha value is -2.36. The summed E-state index contributed by atoms with van der Waals surface area (Å²) < 4.78 is 28.8. The van der Waals surface area contributed by atoms with E-state index in [1.54, 1.807) is 30.3 Å². The molecule has 2 heterocycles. The van der Waals surface area contributed by atoms with Crippen LogP contribution in [0.4, 0.5) is 0 Å². The summed E-state index contributed by atoms with van der Waals surface area (Å²) in [5.74, 6) is -0.420. The largest absolute Gasteiger partial charge is 0.750 e. The molecule has 10 nitrogen and oxygen atoms in total. The van der Waals surface area contributed by atoms with E-state index in [0.29, 0.717) is 5.75 Å². The predicted octanol–water partition coefficient (Wildman–Crippen LogP) is 0.156. The van der Waals surface area contributed by atoms with Gasteiger partial charge in [0.2, 0.25) is 0 Å². The quantitative estimate of drug-likeness (QED) is 0.561. The lowest BCUT2D eigenvalue weighted by Gasteiger charge is -2.17. The van der Waals surface area contributed by atoms with Crippen LogP contribution in [-0.2, 0) is 13.8 Å². The number of nitrogens with one attached hydrogen (secondary N) is 1. The van der Waals surface area contributed by atoms with Gasteiger partial charge < -0.3 is 14.9 Å². The average molecular weight is 397 g/mol. The molecule has 144 valence electrons. The molecule has 1 aliphatic rings. The van der Waals surface area contributed by atoms with E-state index in [1.807, 2.05) is 0 Å². The van der Waals surface area contributed by atoms with E-state index in [1.165, 1.54) is 6.20 Å². The van der Waals surface area contributed by atoms with Crippen LogP contribution in [0.3, 0.4) is 0 Å². The molecule has 0 bridgehead atoms. The second kappa shape index (κ2) is 8.55. The van der Waals surface area contributed by atoms with Crippen LogP contribution in [0.15, 0.2) is 52.2 Å². The maximum absolute atomic E-state index is 11.9. The molecular formula is C16H18N2O8P+. The van der Waals surface area contributed by atoms with E-state index >= 15 is 0 Å². The molecule has 1 saturated heterocycles. The topological polar surface area (TPSA) is 140 Å². The molecular weight excluding hydrogens is 379 g/mol. The highest BCUT2D eigenvalue weighted by atomic mass is 31.1. The molecule has 3 rings (SSSR count). The van der Waals surface area contributed by atoms with E-state index < -0.39 is 50.5 Å². The number of para-hydroxylation sites is 1. The van der Waals surface area contributed by atoms with Gasteiger partial charge in [0.05, 0.1) is 12.7 Å². The number of aliphatic hydroxyl groups excluding tert-OH is 2. The van der Waals surface area contributed by atoms with Gasteiger partial charge in [-0.25, -0.2) is 9.32 Å². The summed E-state index contributed by atoms with van der Waals surface area (Å²) in [6.07, 6.45) is -2.02. The Bertz CT molecular complexity index is 899. The zero-order valence-electron chi connectivity index (χ0n) is 14.0. The van der Waals surface area contributed by atoms with E-state index in [4.69, 9.17) is 13.8 Å². The van der Waals surface area contributed by atoms with Crippen molar-refractivity contribution in [2.75, 3.05) is 13.2 Å². The van der Waals surface area contributed by atoms with Crippen LogP contribution < -0.4 is 15.8 Å². The van der Waals surface area contributed by atoms with E-state index in [-0.39, 0.29) is 6.61 Å². The summed E-state index contributed by atoms with van der Waals surface area (Å²) in [6.45, 7) is -0.681. The molecule has 3 N–H and O–H groups in total. The maximum atomic E-state index is 11.9. The molecule has 27 heavy (non-hydrogen) atoms. The van der Waals surface area contributed by atoms with Crippen molar-refractivity contribution >= 4 is 8.25 Å². The molecule has 1 aromatic carbocycles. The van der Waals surface area contributed by atoms with Crippen molar-refractivity contribution in [2.45, 2.75) is 18.4 Å². The molecule has 1 fully saturated rings. The molecule has 1 unspecified atom stereocenters. The summed E-state index contributed by atoms with van der Waals surface area (Å²) >= 11 is 0. The summed E-state index contributed by atoms with van der Waals surface area (Å²) in [4.78, 5) is 25.1. The van der Waals surface area contributed by atoms with Crippen LogP contribution in [0.25, 0.3) is 0 Å². The third-order valence-electron chi connectivity index (χ3n) is 4.13. The number of H-pyrrole nitrogens is 1. The third-order valence-corrected chi connectivity index (χ3v) is 4.85. The van der Waals surface area contributed by atoms with Crippen molar-refractivity contribution in [3.63, 3.8) is 0 Å². The Morgan fingerprint density at radius 2 is 1.96 bits per heavy atom. The number of aromatic amines is 1. The summed E-state index contributed by atoms with van der Waals surface area (Å²) in [5.41, 5.74) is -1.35. The SMILES string of the molecule is O=c1ccn([C@@H]2O[C@H](CO[P+](=O)Oc3ccccc3)[C@@H](CO)[C@H]2O)c(=O)[nH]1. The summed E-state index contributed by atoms with van der Waals surface area (Å²) in [6, 6.07) is 9.54. The highest BCUT2D eigenvalue weighted by molar-refractivity contribution is 7.33. The number of rotatable bonds is 7. The molecule has 1 aromatic heterocycles. The van der Waals surface area contributed by atoms with Crippen molar-refractivity contribution in [3.8, 4) is 5.75 Å². The molecule has 0 aliphatic carbocycles. The highest BCUT2D eigenvalue weighted by Crippen LogP contribution is 2.35. The van der Waals surface area contributed by atoms with Gasteiger partial charge in [-0.3, -0.25) is 14.3 Å². The Balaban J connectivity index is 1.66. The first-order valence-corrected chi connectivity index (χ1v) is 9.18. The molecule has 0 radical (unpaired) electrons. The van der Waals surface area contributed by atoms with Crippen molar-refractivity contribution in [3.05, 3.63) is 63.4 Å². The van der Waals surface area contributed by atoms with Crippen LogP contribution in [0.2, 0.25) is 0 Å². The molecule has 5 atom stereocenters. The van der Waals surface area contributed by atoms with Crippen molar-refractivity contribution in [2.24, 2.45) is 5.92 Å². The fraction of sp³-hybridized carbons (Fsp3) is 0.375. The molecule has 11 heteroatoms. The Kier molecular flexibility index (Phi) is 6.15. The van der Waals surface area contributed by atoms with Crippen molar-refractivity contribution in [1.82, 2.24) is 9.55 Å². The summed E-state index contributed by atoms with van der Waals surface area (Å²) in [7, 11) is -2.50. The van der Waals surface area contributed by atoms with E-state index in [0.717, 1.165) is 10.6 Å². The standard InChI is InChI=1S/C16H17N2O8P/c19-8-11-12(9-24-27(23)26-10-4-2-1-3-5-10)25-15(14(11)21)18-7-6-13(20)17-16(18)22/h1-7,11-12,14-15,19,21H,8-9H2/p+1/t11-,12-,14-,15-/m1/s1. The highest BCUT2D eigenvalue weighted by Gasteiger charge is 2.46. The number of benzene rings is 1. The fourth-order valence-corrected chi connectivity index (χ4v) is 3.38. The monoisotopic (exact) mass is 397 g/mol. The molecule has 1 aliphatic heterocycles. The van der Waals surface area contributed by atoms with Crippen LogP contribution in [-0.4, -0.2) is 45.2 Å². The van der Waals surface area contributed by atoms with Gasteiger partial charge in [0.15, 0.2) is 12.0 Å². The van der Waals surface area contributed by atoms with Gasteiger partial charge in [-0.05, 0) is 12.1 Å². The summed E-state index contributed by atoms with van der Waals surface area (Å²) in [5, 5.41) is 19.9. The second-order valence-corrected chi connectivity index (χ2v) is 6.73. The fourth-order valence-electron chi connectivity index (χ4n) is 2.77. The van der Waals surface area contributed by atoms with Gasteiger partial charge in [-0.15, -0.1) is 4.52 Å². The molecule has 0 amide bonds. The maximum Gasteiger partial charge on any atom is 0.750 e. The van der Waals surface area contributed by atoms with Crippen LogP contribution >= 0.6 is 8.25 Å². The minimum atomic E-state index is -2.50. The number of aromatic nitrogens is 2. The van der Waals surface area contributed by atoms with E-state index in [9.17, 15) is 24.4 Å².